The number of anilines is 1. The van der Waals surface area contributed by atoms with Crippen LogP contribution in [0, 0.1) is 0 Å². The normalized spacial score (nSPS) is 22.4. The van der Waals surface area contributed by atoms with Crippen LogP contribution in [0.15, 0.2) is 29.3 Å². The Bertz CT molecular complexity index is 843. The number of likely N-dealkylation sites (tertiary alicyclic amines) is 1. The fourth-order valence-electron chi connectivity index (χ4n) is 3.82. The van der Waals surface area contributed by atoms with E-state index in [1.807, 2.05) is 4.90 Å². The van der Waals surface area contributed by atoms with Crippen LogP contribution in [0.5, 0.6) is 0 Å². The number of likely N-dealkylation sites (N-methyl/N-ethyl adjacent to an activating group) is 1. The minimum absolute atomic E-state index is 0.0144. The molecule has 0 saturated carbocycles. The summed E-state index contributed by atoms with van der Waals surface area (Å²) in [5.41, 5.74) is 1.23. The van der Waals surface area contributed by atoms with E-state index >= 15 is 0 Å². The molecule has 3 aliphatic heterocycles. The first-order valence-corrected chi connectivity index (χ1v) is 11.3. The molecule has 0 spiro atoms. The first kappa shape index (κ1) is 20.9. The summed E-state index contributed by atoms with van der Waals surface area (Å²) in [7, 11) is 2.05. The lowest BCUT2D eigenvalue weighted by molar-refractivity contribution is -0.121. The average molecular weight is 430 g/mol. The fraction of sp³-hybridized carbons (Fsp3) is 0.524. The lowest BCUT2D eigenvalue weighted by Gasteiger charge is -2.32. The number of nitrogens with zero attached hydrogens (tertiary/aromatic N) is 4. The molecule has 3 amide bonds. The van der Waals surface area contributed by atoms with Gasteiger partial charge < -0.3 is 20.0 Å². The number of amidine groups is 1. The van der Waals surface area contributed by atoms with Crippen LogP contribution in [0.4, 0.5) is 5.69 Å². The van der Waals surface area contributed by atoms with E-state index in [0.717, 1.165) is 57.3 Å². The van der Waals surface area contributed by atoms with Gasteiger partial charge in [0.15, 0.2) is 5.17 Å². The Morgan fingerprint density at radius 3 is 2.40 bits per heavy atom. The molecule has 1 aromatic carbocycles. The highest BCUT2D eigenvalue weighted by atomic mass is 32.2. The minimum Gasteiger partial charge on any atom is -0.351 e. The molecular weight excluding hydrogens is 402 g/mol. The van der Waals surface area contributed by atoms with Crippen molar-refractivity contribution in [1.29, 1.82) is 0 Å². The molecule has 0 aromatic heterocycles. The monoisotopic (exact) mass is 429 g/mol. The summed E-state index contributed by atoms with van der Waals surface area (Å²) in [5.74, 6) is -0.442. The first-order chi connectivity index (χ1) is 14.5. The van der Waals surface area contributed by atoms with Gasteiger partial charge in [-0.25, -0.2) is 0 Å². The number of rotatable bonds is 4. The molecule has 2 fully saturated rings. The maximum absolute atomic E-state index is 12.6. The van der Waals surface area contributed by atoms with E-state index in [9.17, 15) is 14.4 Å². The van der Waals surface area contributed by atoms with Crippen molar-refractivity contribution in [2.24, 2.45) is 4.99 Å². The number of carbonyl (C=O) groups is 3. The van der Waals surface area contributed by atoms with Crippen molar-refractivity contribution >= 4 is 40.3 Å². The maximum atomic E-state index is 12.6. The first-order valence-electron chi connectivity index (χ1n) is 10.4. The van der Waals surface area contributed by atoms with Crippen LogP contribution >= 0.6 is 11.8 Å². The number of hydrogen-bond acceptors (Lipinski definition) is 6. The van der Waals surface area contributed by atoms with Crippen LogP contribution < -0.4 is 5.32 Å². The van der Waals surface area contributed by atoms with E-state index in [-0.39, 0.29) is 24.1 Å². The summed E-state index contributed by atoms with van der Waals surface area (Å²) >= 11 is 1.39. The molecular formula is C21H27N5O3S. The zero-order chi connectivity index (χ0) is 21.1. The Balaban J connectivity index is 1.28. The number of benzene rings is 1. The van der Waals surface area contributed by atoms with Gasteiger partial charge in [-0.3, -0.25) is 14.4 Å². The van der Waals surface area contributed by atoms with Gasteiger partial charge in [-0.2, -0.15) is 4.99 Å². The predicted molar refractivity (Wildman–Crippen MR) is 118 cm³/mol. The van der Waals surface area contributed by atoms with Gasteiger partial charge in [0, 0.05) is 56.9 Å². The Labute approximate surface area is 180 Å². The summed E-state index contributed by atoms with van der Waals surface area (Å²) in [4.78, 5) is 47.5. The SMILES string of the molecule is CN1CCN(C(=O)c2ccc(NC(=O)CC3SC(N4CCCC4)=NC3=O)cc2)CC1. The highest BCUT2D eigenvalue weighted by molar-refractivity contribution is 8.15. The van der Waals surface area contributed by atoms with E-state index < -0.39 is 5.25 Å². The largest absolute Gasteiger partial charge is 0.351 e. The van der Waals surface area contributed by atoms with E-state index in [1.165, 1.54) is 11.8 Å². The second-order valence-corrected chi connectivity index (χ2v) is 9.13. The number of aliphatic imine (C=N–C) groups is 1. The van der Waals surface area contributed by atoms with Crippen molar-refractivity contribution in [2.75, 3.05) is 51.6 Å². The third kappa shape index (κ3) is 4.84. The molecule has 9 heteroatoms. The molecule has 8 nitrogen and oxygen atoms in total. The van der Waals surface area contributed by atoms with Crippen LogP contribution in [0.3, 0.4) is 0 Å². The van der Waals surface area contributed by atoms with Gasteiger partial charge in [0.25, 0.3) is 11.8 Å². The van der Waals surface area contributed by atoms with Crippen LogP contribution in [-0.2, 0) is 9.59 Å². The Morgan fingerprint density at radius 2 is 1.73 bits per heavy atom. The molecule has 0 radical (unpaired) electrons. The van der Waals surface area contributed by atoms with Gasteiger partial charge in [-0.15, -0.1) is 0 Å². The molecule has 4 rings (SSSR count). The van der Waals surface area contributed by atoms with E-state index in [1.54, 1.807) is 24.3 Å². The number of thioether (sulfide) groups is 1. The summed E-state index contributed by atoms with van der Waals surface area (Å²) in [6, 6.07) is 6.94. The molecule has 1 atom stereocenters. The quantitative estimate of drug-likeness (QED) is 0.781. The van der Waals surface area contributed by atoms with Crippen molar-refractivity contribution in [2.45, 2.75) is 24.5 Å². The average Bonchev–Trinajstić information content (AvgIpc) is 3.39. The molecule has 0 bridgehead atoms. The van der Waals surface area contributed by atoms with Crippen LogP contribution in [0.1, 0.15) is 29.6 Å². The van der Waals surface area contributed by atoms with Crippen LogP contribution in [0.2, 0.25) is 0 Å². The van der Waals surface area contributed by atoms with Crippen LogP contribution in [-0.4, -0.2) is 89.2 Å². The molecule has 1 unspecified atom stereocenters. The van der Waals surface area contributed by atoms with Crippen molar-refractivity contribution in [1.82, 2.24) is 14.7 Å². The summed E-state index contributed by atoms with van der Waals surface area (Å²) < 4.78 is 0. The number of hydrogen-bond donors (Lipinski definition) is 1. The van der Waals surface area contributed by atoms with Crippen molar-refractivity contribution in [3.05, 3.63) is 29.8 Å². The van der Waals surface area contributed by atoms with Gasteiger partial charge in [0.2, 0.25) is 5.91 Å². The molecule has 2 saturated heterocycles. The lowest BCUT2D eigenvalue weighted by Crippen LogP contribution is -2.47. The Hall–Kier alpha value is -2.39. The van der Waals surface area contributed by atoms with Gasteiger partial charge in [-0.05, 0) is 44.2 Å². The highest BCUT2D eigenvalue weighted by Gasteiger charge is 2.33. The summed E-state index contributed by atoms with van der Waals surface area (Å²) in [6.45, 7) is 5.06. The molecule has 0 aliphatic carbocycles. The molecule has 160 valence electrons. The number of nitrogens with one attached hydrogen (secondary N) is 1. The molecule has 1 N–H and O–H groups in total. The second-order valence-electron chi connectivity index (χ2n) is 7.96. The number of piperazine rings is 1. The van der Waals surface area contributed by atoms with E-state index in [0.29, 0.717) is 11.3 Å². The van der Waals surface area contributed by atoms with E-state index in [4.69, 9.17) is 0 Å². The number of carbonyl (C=O) groups excluding carboxylic acids is 3. The van der Waals surface area contributed by atoms with Gasteiger partial charge in [-0.1, -0.05) is 11.8 Å². The standard InChI is InChI=1S/C21H27N5O3S/c1-24-10-12-25(13-11-24)20(29)15-4-6-16(7-5-15)22-18(27)14-17-19(28)23-21(30-17)26-8-2-3-9-26/h4-7,17H,2-3,8-14H2,1H3,(H,22,27). The van der Waals surface area contributed by atoms with Gasteiger partial charge in [0.1, 0.15) is 5.25 Å². The third-order valence-electron chi connectivity index (χ3n) is 5.68. The zero-order valence-corrected chi connectivity index (χ0v) is 18.0. The zero-order valence-electron chi connectivity index (χ0n) is 17.2. The molecule has 3 aliphatic rings. The Kier molecular flexibility index (Phi) is 6.38. The smallest absolute Gasteiger partial charge is 0.262 e. The second kappa shape index (κ2) is 9.18. The van der Waals surface area contributed by atoms with Gasteiger partial charge in [0.05, 0.1) is 0 Å². The summed E-state index contributed by atoms with van der Waals surface area (Å²) in [5, 5.41) is 3.12. The lowest BCUT2D eigenvalue weighted by atomic mass is 10.1. The topological polar surface area (TPSA) is 85.3 Å². The molecule has 1 aromatic rings. The number of amides is 3. The van der Waals surface area contributed by atoms with Gasteiger partial charge >= 0.3 is 0 Å². The van der Waals surface area contributed by atoms with Crippen LogP contribution in [0.25, 0.3) is 0 Å². The van der Waals surface area contributed by atoms with Crippen molar-refractivity contribution in [3.63, 3.8) is 0 Å². The minimum atomic E-state index is -0.460. The van der Waals surface area contributed by atoms with Crippen molar-refractivity contribution < 1.29 is 14.4 Å². The predicted octanol–water partition coefficient (Wildman–Crippen LogP) is 1.50. The Morgan fingerprint density at radius 1 is 1.07 bits per heavy atom. The van der Waals surface area contributed by atoms with E-state index in [2.05, 4.69) is 27.2 Å². The van der Waals surface area contributed by atoms with Crippen molar-refractivity contribution in [3.8, 4) is 0 Å². The third-order valence-corrected chi connectivity index (χ3v) is 6.90. The molecule has 3 heterocycles. The highest BCUT2D eigenvalue weighted by Crippen LogP contribution is 2.29. The molecule has 30 heavy (non-hydrogen) atoms. The maximum Gasteiger partial charge on any atom is 0.262 e. The fourth-order valence-corrected chi connectivity index (χ4v) is 4.94. The summed E-state index contributed by atoms with van der Waals surface area (Å²) in [6.07, 6.45) is 2.32.